The largest absolute Gasteiger partial charge is 0.427 e. The van der Waals surface area contributed by atoms with Gasteiger partial charge in [0.05, 0.1) is 5.69 Å². The Bertz CT molecular complexity index is 445. The van der Waals surface area contributed by atoms with Crippen molar-refractivity contribution in [3.8, 4) is 0 Å². The molecule has 0 saturated carbocycles. The first-order valence-electron chi connectivity index (χ1n) is 6.08. The minimum absolute atomic E-state index is 0.264. The molecule has 0 aliphatic carbocycles. The Kier molecular flexibility index (Phi) is 3.27. The summed E-state index contributed by atoms with van der Waals surface area (Å²) in [4.78, 5) is 9.18. The van der Waals surface area contributed by atoms with E-state index in [9.17, 15) is 0 Å². The number of hydrogen-bond donors (Lipinski definition) is 0. The van der Waals surface area contributed by atoms with E-state index in [2.05, 4.69) is 23.8 Å². The number of rotatable bonds is 3. The third kappa shape index (κ3) is 2.23. The van der Waals surface area contributed by atoms with Crippen LogP contribution in [0.5, 0.6) is 0 Å². The van der Waals surface area contributed by atoms with Gasteiger partial charge in [0.25, 0.3) is 0 Å². The maximum atomic E-state index is 5.66. The average molecular weight is 230 g/mol. The van der Waals surface area contributed by atoms with Crippen LogP contribution in [0.4, 0.5) is 5.69 Å². The standard InChI is InChI=1S/C14H18N2O/c1-4-14(5-2)13(17-11(3)16-14)15-12-9-7-6-8-10-12/h6-10H,4-5H2,1-3H3. The molecule has 0 spiro atoms. The Morgan fingerprint density at radius 2 is 1.82 bits per heavy atom. The van der Waals surface area contributed by atoms with Crippen LogP contribution in [0.25, 0.3) is 0 Å². The van der Waals surface area contributed by atoms with Gasteiger partial charge in [-0.1, -0.05) is 32.0 Å². The van der Waals surface area contributed by atoms with Gasteiger partial charge >= 0.3 is 0 Å². The van der Waals surface area contributed by atoms with Gasteiger partial charge in [-0.3, -0.25) is 0 Å². The van der Waals surface area contributed by atoms with Gasteiger partial charge in [-0.2, -0.15) is 0 Å². The van der Waals surface area contributed by atoms with Gasteiger partial charge in [0.15, 0.2) is 5.90 Å². The van der Waals surface area contributed by atoms with Crippen LogP contribution < -0.4 is 0 Å². The molecule has 0 atom stereocenters. The molecule has 0 amide bonds. The van der Waals surface area contributed by atoms with Crippen molar-refractivity contribution in [2.75, 3.05) is 0 Å². The number of benzene rings is 1. The molecule has 1 aliphatic heterocycles. The monoisotopic (exact) mass is 230 g/mol. The van der Waals surface area contributed by atoms with E-state index in [0.717, 1.165) is 24.4 Å². The molecule has 0 aromatic heterocycles. The summed E-state index contributed by atoms with van der Waals surface area (Å²) in [7, 11) is 0. The van der Waals surface area contributed by atoms with E-state index in [4.69, 9.17) is 4.74 Å². The van der Waals surface area contributed by atoms with Crippen molar-refractivity contribution in [3.63, 3.8) is 0 Å². The lowest BCUT2D eigenvalue weighted by Gasteiger charge is -2.20. The zero-order valence-electron chi connectivity index (χ0n) is 10.6. The number of para-hydroxylation sites is 1. The van der Waals surface area contributed by atoms with Crippen LogP contribution in [-0.4, -0.2) is 17.3 Å². The molecule has 1 aromatic carbocycles. The van der Waals surface area contributed by atoms with Crippen LogP contribution >= 0.6 is 0 Å². The molecule has 0 fully saturated rings. The zero-order valence-corrected chi connectivity index (χ0v) is 10.6. The summed E-state index contributed by atoms with van der Waals surface area (Å²) >= 11 is 0. The van der Waals surface area contributed by atoms with Crippen LogP contribution in [0, 0.1) is 0 Å². The predicted molar refractivity (Wildman–Crippen MR) is 71.0 cm³/mol. The van der Waals surface area contributed by atoms with E-state index in [0.29, 0.717) is 5.90 Å². The summed E-state index contributed by atoms with van der Waals surface area (Å²) in [5.41, 5.74) is 0.651. The summed E-state index contributed by atoms with van der Waals surface area (Å²) in [6.45, 7) is 6.12. The highest BCUT2D eigenvalue weighted by molar-refractivity contribution is 6.03. The van der Waals surface area contributed by atoms with E-state index >= 15 is 0 Å². The topological polar surface area (TPSA) is 34.0 Å². The minimum Gasteiger partial charge on any atom is -0.427 e. The Morgan fingerprint density at radius 3 is 2.41 bits per heavy atom. The fourth-order valence-corrected chi connectivity index (χ4v) is 2.06. The lowest BCUT2D eigenvalue weighted by Crippen LogP contribution is -2.32. The zero-order chi connectivity index (χ0) is 12.3. The SMILES string of the molecule is CCC1(CC)N=C(C)OC1=Nc1ccccc1. The molecule has 17 heavy (non-hydrogen) atoms. The summed E-state index contributed by atoms with van der Waals surface area (Å²) in [5, 5.41) is 0. The minimum atomic E-state index is -0.264. The third-order valence-corrected chi connectivity index (χ3v) is 3.17. The quantitative estimate of drug-likeness (QED) is 0.779. The fourth-order valence-electron chi connectivity index (χ4n) is 2.06. The van der Waals surface area contributed by atoms with Crippen molar-refractivity contribution < 1.29 is 4.74 Å². The summed E-state index contributed by atoms with van der Waals surface area (Å²) < 4.78 is 5.66. The molecular weight excluding hydrogens is 212 g/mol. The first kappa shape index (κ1) is 11.8. The Balaban J connectivity index is 2.36. The van der Waals surface area contributed by atoms with E-state index < -0.39 is 0 Å². The number of hydrogen-bond acceptors (Lipinski definition) is 3. The highest BCUT2D eigenvalue weighted by Crippen LogP contribution is 2.30. The second kappa shape index (κ2) is 4.70. The number of ether oxygens (including phenoxy) is 1. The Morgan fingerprint density at radius 1 is 1.18 bits per heavy atom. The Labute approximate surface area is 102 Å². The number of aliphatic imine (C=N–C) groups is 2. The first-order valence-corrected chi connectivity index (χ1v) is 6.08. The van der Waals surface area contributed by atoms with Gasteiger partial charge in [-0.15, -0.1) is 0 Å². The van der Waals surface area contributed by atoms with Crippen LogP contribution in [0.3, 0.4) is 0 Å². The van der Waals surface area contributed by atoms with Crippen molar-refractivity contribution in [2.45, 2.75) is 39.2 Å². The Hall–Kier alpha value is -1.64. The maximum Gasteiger partial charge on any atom is 0.224 e. The van der Waals surface area contributed by atoms with Crippen LogP contribution in [0.15, 0.2) is 40.3 Å². The van der Waals surface area contributed by atoms with Crippen molar-refractivity contribution in [1.82, 2.24) is 0 Å². The maximum absolute atomic E-state index is 5.66. The molecule has 1 heterocycles. The molecule has 0 radical (unpaired) electrons. The molecule has 0 unspecified atom stereocenters. The molecule has 3 nitrogen and oxygen atoms in total. The van der Waals surface area contributed by atoms with Gasteiger partial charge in [-0.05, 0) is 25.0 Å². The smallest absolute Gasteiger partial charge is 0.224 e. The fraction of sp³-hybridized carbons (Fsp3) is 0.429. The second-order valence-corrected chi connectivity index (χ2v) is 4.22. The predicted octanol–water partition coefficient (Wildman–Crippen LogP) is 3.72. The normalized spacial score (nSPS) is 20.2. The second-order valence-electron chi connectivity index (χ2n) is 4.22. The number of nitrogens with zero attached hydrogens (tertiary/aromatic N) is 2. The molecule has 90 valence electrons. The van der Waals surface area contributed by atoms with E-state index in [1.807, 2.05) is 37.3 Å². The highest BCUT2D eigenvalue weighted by Gasteiger charge is 2.39. The van der Waals surface area contributed by atoms with Crippen molar-refractivity contribution >= 4 is 17.5 Å². The molecule has 0 N–H and O–H groups in total. The first-order chi connectivity index (χ1) is 8.20. The average Bonchev–Trinajstić information content (AvgIpc) is 2.67. The molecule has 1 aromatic rings. The molecule has 3 heteroatoms. The molecule has 1 aliphatic rings. The van der Waals surface area contributed by atoms with Crippen LogP contribution in [0.1, 0.15) is 33.6 Å². The van der Waals surface area contributed by atoms with Gasteiger partial charge in [0.1, 0.15) is 5.54 Å². The van der Waals surface area contributed by atoms with E-state index in [1.54, 1.807) is 0 Å². The molecule has 0 saturated heterocycles. The third-order valence-electron chi connectivity index (χ3n) is 3.17. The van der Waals surface area contributed by atoms with E-state index in [-0.39, 0.29) is 5.54 Å². The lowest BCUT2D eigenvalue weighted by molar-refractivity contribution is 0.473. The van der Waals surface area contributed by atoms with Crippen molar-refractivity contribution in [1.29, 1.82) is 0 Å². The molecule has 2 rings (SSSR count). The summed E-state index contributed by atoms with van der Waals surface area (Å²) in [5.74, 6) is 1.44. The van der Waals surface area contributed by atoms with Gasteiger partial charge in [-0.25, -0.2) is 9.98 Å². The summed E-state index contributed by atoms with van der Waals surface area (Å²) in [6.07, 6.45) is 1.82. The van der Waals surface area contributed by atoms with Crippen molar-refractivity contribution in [2.24, 2.45) is 9.98 Å². The lowest BCUT2D eigenvalue weighted by atomic mass is 9.94. The van der Waals surface area contributed by atoms with Crippen LogP contribution in [0.2, 0.25) is 0 Å². The van der Waals surface area contributed by atoms with Gasteiger partial charge in [0.2, 0.25) is 5.90 Å². The van der Waals surface area contributed by atoms with E-state index in [1.165, 1.54) is 0 Å². The van der Waals surface area contributed by atoms with Crippen LogP contribution in [-0.2, 0) is 4.74 Å². The molecular formula is C14H18N2O. The molecule has 0 bridgehead atoms. The highest BCUT2D eigenvalue weighted by atomic mass is 16.5. The van der Waals surface area contributed by atoms with Gasteiger partial charge < -0.3 is 4.74 Å². The van der Waals surface area contributed by atoms with Gasteiger partial charge in [0, 0.05) is 6.92 Å². The summed E-state index contributed by atoms with van der Waals surface area (Å²) in [6, 6.07) is 9.87. The van der Waals surface area contributed by atoms with Crippen molar-refractivity contribution in [3.05, 3.63) is 30.3 Å².